The molecule has 0 bridgehead atoms. The Hall–Kier alpha value is -0.0800. The summed E-state index contributed by atoms with van der Waals surface area (Å²) in [5.41, 5.74) is -0.251. The van der Waals surface area contributed by atoms with Crippen LogP contribution in [0.3, 0.4) is 0 Å². The SMILES string of the molecule is C[C@H]1CC[C@@H](C(C)(C)O)C[C@@]23O[C@@]12CC[C@@H]3C. The molecule has 17 heavy (non-hydrogen) atoms. The molecule has 3 fully saturated rings. The lowest BCUT2D eigenvalue weighted by molar-refractivity contribution is -0.0111. The summed E-state index contributed by atoms with van der Waals surface area (Å²) in [6, 6.07) is 0. The summed E-state index contributed by atoms with van der Waals surface area (Å²) in [7, 11) is 0. The number of rotatable bonds is 1. The second-order valence-corrected chi connectivity index (χ2v) is 7.35. The van der Waals surface area contributed by atoms with Gasteiger partial charge >= 0.3 is 0 Å². The van der Waals surface area contributed by atoms with Crippen molar-refractivity contribution in [1.82, 2.24) is 0 Å². The van der Waals surface area contributed by atoms with Crippen molar-refractivity contribution < 1.29 is 9.84 Å². The van der Waals surface area contributed by atoms with E-state index in [-0.39, 0.29) is 11.2 Å². The molecule has 0 amide bonds. The fraction of sp³-hybridized carbons (Fsp3) is 1.00. The molecule has 0 aromatic carbocycles. The van der Waals surface area contributed by atoms with Gasteiger partial charge in [-0.15, -0.1) is 0 Å². The van der Waals surface area contributed by atoms with Gasteiger partial charge in [0.1, 0.15) is 11.2 Å². The second-order valence-electron chi connectivity index (χ2n) is 7.35. The van der Waals surface area contributed by atoms with Gasteiger partial charge in [0, 0.05) is 0 Å². The van der Waals surface area contributed by atoms with Gasteiger partial charge in [0.2, 0.25) is 0 Å². The van der Waals surface area contributed by atoms with Crippen molar-refractivity contribution in [3.63, 3.8) is 0 Å². The molecule has 1 heterocycles. The highest BCUT2D eigenvalue weighted by Crippen LogP contribution is 2.70. The van der Waals surface area contributed by atoms with Crippen LogP contribution in [0, 0.1) is 17.8 Å². The molecule has 3 aliphatic rings. The number of hydrogen-bond donors (Lipinski definition) is 1. The molecular formula is C15H26O2. The highest BCUT2D eigenvalue weighted by atomic mass is 16.6. The highest BCUT2D eigenvalue weighted by molar-refractivity contribution is 5.26. The summed E-state index contributed by atoms with van der Waals surface area (Å²) < 4.78 is 6.31. The van der Waals surface area contributed by atoms with Crippen molar-refractivity contribution in [3.05, 3.63) is 0 Å². The Morgan fingerprint density at radius 1 is 1.06 bits per heavy atom. The van der Waals surface area contributed by atoms with Crippen LogP contribution in [0.5, 0.6) is 0 Å². The third-order valence-electron chi connectivity index (χ3n) is 6.08. The van der Waals surface area contributed by atoms with Crippen molar-refractivity contribution in [2.45, 2.75) is 76.6 Å². The van der Waals surface area contributed by atoms with Crippen molar-refractivity contribution in [2.24, 2.45) is 17.8 Å². The maximum atomic E-state index is 10.3. The van der Waals surface area contributed by atoms with E-state index in [1.807, 2.05) is 13.8 Å². The molecule has 0 spiro atoms. The van der Waals surface area contributed by atoms with E-state index in [0.717, 1.165) is 12.8 Å². The topological polar surface area (TPSA) is 32.8 Å². The maximum Gasteiger partial charge on any atom is 0.101 e. The first-order valence-electron chi connectivity index (χ1n) is 7.24. The van der Waals surface area contributed by atoms with Gasteiger partial charge in [-0.25, -0.2) is 0 Å². The van der Waals surface area contributed by atoms with Gasteiger partial charge in [-0.2, -0.15) is 0 Å². The van der Waals surface area contributed by atoms with Crippen LogP contribution >= 0.6 is 0 Å². The molecule has 98 valence electrons. The second kappa shape index (κ2) is 3.27. The third-order valence-corrected chi connectivity index (χ3v) is 6.08. The number of ether oxygens (including phenoxy) is 1. The smallest absolute Gasteiger partial charge is 0.101 e. The first-order chi connectivity index (χ1) is 7.82. The summed E-state index contributed by atoms with van der Waals surface area (Å²) in [6.45, 7) is 8.63. The van der Waals surface area contributed by atoms with Crippen LogP contribution in [0.25, 0.3) is 0 Å². The molecule has 0 aromatic rings. The summed E-state index contributed by atoms with van der Waals surface area (Å²) >= 11 is 0. The summed E-state index contributed by atoms with van der Waals surface area (Å²) in [5, 5.41) is 10.3. The van der Waals surface area contributed by atoms with Crippen LogP contribution in [0.2, 0.25) is 0 Å². The van der Waals surface area contributed by atoms with Gasteiger partial charge in [-0.1, -0.05) is 13.8 Å². The van der Waals surface area contributed by atoms with Crippen LogP contribution in [-0.2, 0) is 4.74 Å². The summed E-state index contributed by atoms with van der Waals surface area (Å²) in [4.78, 5) is 0. The minimum Gasteiger partial charge on any atom is -0.390 e. The highest BCUT2D eigenvalue weighted by Gasteiger charge is 2.77. The van der Waals surface area contributed by atoms with E-state index in [0.29, 0.717) is 17.8 Å². The Labute approximate surface area is 105 Å². The average Bonchev–Trinajstić information content (AvgIpc) is 2.83. The van der Waals surface area contributed by atoms with E-state index in [4.69, 9.17) is 4.74 Å². The van der Waals surface area contributed by atoms with E-state index >= 15 is 0 Å². The largest absolute Gasteiger partial charge is 0.390 e. The van der Waals surface area contributed by atoms with Crippen LogP contribution in [-0.4, -0.2) is 21.9 Å². The zero-order valence-electron chi connectivity index (χ0n) is 11.6. The Morgan fingerprint density at radius 2 is 1.71 bits per heavy atom. The molecule has 2 saturated carbocycles. The van der Waals surface area contributed by atoms with Crippen LogP contribution in [0.15, 0.2) is 0 Å². The predicted octanol–water partition coefficient (Wildman–Crippen LogP) is 3.13. The molecule has 0 radical (unpaired) electrons. The van der Waals surface area contributed by atoms with Crippen molar-refractivity contribution in [3.8, 4) is 0 Å². The van der Waals surface area contributed by atoms with Gasteiger partial charge in [-0.3, -0.25) is 0 Å². The molecule has 2 aliphatic carbocycles. The maximum absolute atomic E-state index is 10.3. The van der Waals surface area contributed by atoms with E-state index in [1.165, 1.54) is 19.3 Å². The summed E-state index contributed by atoms with van der Waals surface area (Å²) in [6.07, 6.45) is 5.99. The van der Waals surface area contributed by atoms with E-state index in [2.05, 4.69) is 13.8 Å². The zero-order valence-corrected chi connectivity index (χ0v) is 11.6. The molecule has 2 nitrogen and oxygen atoms in total. The Morgan fingerprint density at radius 3 is 2.35 bits per heavy atom. The molecule has 3 rings (SSSR count). The van der Waals surface area contributed by atoms with Gasteiger partial charge in [-0.05, 0) is 63.7 Å². The fourth-order valence-corrected chi connectivity index (χ4v) is 4.68. The number of epoxide rings is 1. The lowest BCUT2D eigenvalue weighted by atomic mass is 9.77. The molecule has 1 saturated heterocycles. The van der Waals surface area contributed by atoms with Crippen molar-refractivity contribution in [2.75, 3.05) is 0 Å². The van der Waals surface area contributed by atoms with E-state index < -0.39 is 5.60 Å². The lowest BCUT2D eigenvalue weighted by Crippen LogP contribution is -2.36. The monoisotopic (exact) mass is 238 g/mol. The van der Waals surface area contributed by atoms with Crippen LogP contribution in [0.1, 0.15) is 59.8 Å². The number of hydrogen-bond acceptors (Lipinski definition) is 2. The third kappa shape index (κ3) is 1.40. The Bertz CT molecular complexity index is 332. The van der Waals surface area contributed by atoms with Gasteiger partial charge in [0.25, 0.3) is 0 Å². The van der Waals surface area contributed by atoms with Gasteiger partial charge < -0.3 is 9.84 Å². The van der Waals surface area contributed by atoms with E-state index in [9.17, 15) is 5.11 Å². The Balaban J connectivity index is 1.91. The minimum absolute atomic E-state index is 0.119. The summed E-state index contributed by atoms with van der Waals surface area (Å²) in [5.74, 6) is 1.74. The minimum atomic E-state index is -0.557. The van der Waals surface area contributed by atoms with Crippen molar-refractivity contribution >= 4 is 0 Å². The molecule has 0 aromatic heterocycles. The fourth-order valence-electron chi connectivity index (χ4n) is 4.68. The molecule has 1 N–H and O–H groups in total. The van der Waals surface area contributed by atoms with Crippen molar-refractivity contribution in [1.29, 1.82) is 0 Å². The first-order valence-corrected chi connectivity index (χ1v) is 7.24. The zero-order chi connectivity index (χ0) is 12.5. The molecule has 1 aliphatic heterocycles. The standard InChI is InChI=1S/C15H26O2/c1-10-5-6-12(13(3,4)16)9-15-11(2)7-8-14(10,15)17-15/h10-12,16H,5-9H2,1-4H3/t10-,11-,12+,14-,15-/m0/s1. The quantitative estimate of drug-likeness (QED) is 0.712. The molecule has 2 heteroatoms. The Kier molecular flexibility index (Phi) is 2.30. The van der Waals surface area contributed by atoms with Gasteiger partial charge in [0.15, 0.2) is 0 Å². The molecular weight excluding hydrogens is 212 g/mol. The normalized spacial score (nSPS) is 53.8. The average molecular weight is 238 g/mol. The lowest BCUT2D eigenvalue weighted by Gasteiger charge is -2.32. The predicted molar refractivity (Wildman–Crippen MR) is 67.7 cm³/mol. The van der Waals surface area contributed by atoms with Gasteiger partial charge in [0.05, 0.1) is 5.60 Å². The molecule has 0 unspecified atom stereocenters. The first kappa shape index (κ1) is 12.0. The van der Waals surface area contributed by atoms with Crippen LogP contribution < -0.4 is 0 Å². The van der Waals surface area contributed by atoms with Crippen LogP contribution in [0.4, 0.5) is 0 Å². The molecule has 5 atom stereocenters. The van der Waals surface area contributed by atoms with E-state index in [1.54, 1.807) is 0 Å². The number of aliphatic hydroxyl groups is 1.